The predicted molar refractivity (Wildman–Crippen MR) is 26.5 cm³/mol. The Kier molecular flexibility index (Phi) is 2.00. The predicted octanol–water partition coefficient (Wildman–Crippen LogP) is -0.412. The molecule has 2 heteroatoms. The Morgan fingerprint density at radius 1 is 1.75 bits per heavy atom. The Balaban J connectivity index is -0.0000000450. The van der Waals surface area contributed by atoms with E-state index in [1.165, 1.54) is 16.5 Å². The normalized spacial score (nSPS) is 8.75. The monoisotopic (exact) mass is 77.1 g/mol. The second kappa shape index (κ2) is 1.78. The molecular weight excluding hydrogens is 65.0 g/mol. The van der Waals surface area contributed by atoms with Gasteiger partial charge in [0.25, 0.3) is 0 Å². The van der Waals surface area contributed by atoms with Gasteiger partial charge in [-0.3, -0.25) is 0 Å². The average Bonchev–Trinajstić information content (AvgIpc) is 0.811. The number of nitrogens with zero attached hydrogens (tertiary/aromatic N) is 1. The van der Waals surface area contributed by atoms with Crippen LogP contribution in [0.15, 0.2) is 0 Å². The zero-order valence-electron chi connectivity index (χ0n) is 3.45. The van der Waals surface area contributed by atoms with Crippen molar-refractivity contribution < 1.29 is 2.85 Å². The Morgan fingerprint density at radius 3 is 1.75 bits per heavy atom. The maximum absolute atomic E-state index is 2.14. The lowest BCUT2D eigenvalue weighted by molar-refractivity contribution is 0.679. The first-order chi connectivity index (χ1) is 1.73. The first-order valence-corrected chi connectivity index (χ1v) is 2.24. The van der Waals surface area contributed by atoms with Crippen molar-refractivity contribution in [2.75, 3.05) is 14.1 Å². The summed E-state index contributed by atoms with van der Waals surface area (Å²) in [5.74, 6) is 0. The lowest BCUT2D eigenvalue weighted by Crippen LogP contribution is -2.02. The summed E-state index contributed by atoms with van der Waals surface area (Å²) in [6.07, 6.45) is 0. The lowest BCUT2D eigenvalue weighted by atomic mass is 11.3. The third-order valence-electron chi connectivity index (χ3n) is 0. The molecule has 0 aliphatic heterocycles. The Hall–Kier alpha value is 0.492. The van der Waals surface area contributed by atoms with Gasteiger partial charge in [-0.15, -0.1) is 0 Å². The summed E-state index contributed by atoms with van der Waals surface area (Å²) in [4.78, 5) is 0. The smallest absolute Gasteiger partial charge is 0.321 e. The highest BCUT2D eigenvalue weighted by atomic mass is 27.1. The molecule has 0 aliphatic carbocycles. The van der Waals surface area contributed by atoms with Crippen molar-refractivity contribution in [2.45, 2.75) is 0 Å². The topological polar surface area (TPSA) is 3.24 Å². The molecule has 0 amide bonds. The molecule has 0 aromatic rings. The third-order valence-corrected chi connectivity index (χ3v) is 0. The highest BCUT2D eigenvalue weighted by Gasteiger charge is 1.61. The summed E-state index contributed by atoms with van der Waals surface area (Å²) in [5, 5.41) is 0. The molecule has 4 heavy (non-hydrogen) atoms. The van der Waals surface area contributed by atoms with Crippen LogP contribution in [0.5, 0.6) is 0 Å². The second-order valence-electron chi connectivity index (χ2n) is 1.34. The van der Waals surface area contributed by atoms with Crippen LogP contribution in [0.3, 0.4) is 0 Å². The molecule has 0 radical (unpaired) electrons. The molecule has 0 fully saturated rings. The van der Waals surface area contributed by atoms with Gasteiger partial charge in [0.2, 0.25) is 0 Å². The molecule has 0 rings (SSSR count). The standard InChI is InChI=1S/C2H6N.Al.2H2.2H/c1-3-2;;;;;/h1-2H3;;2*1H;;/q-1;+1;;;;. The number of hydrogen-bond acceptors (Lipinski definition) is 1. The van der Waals surface area contributed by atoms with Crippen LogP contribution in [0.4, 0.5) is 0 Å². The van der Waals surface area contributed by atoms with E-state index in [-0.39, 0.29) is 2.85 Å². The summed E-state index contributed by atoms with van der Waals surface area (Å²) in [5.41, 5.74) is 0. The van der Waals surface area contributed by atoms with Crippen molar-refractivity contribution in [3.8, 4) is 0 Å². The van der Waals surface area contributed by atoms with Gasteiger partial charge in [-0.2, -0.15) is 0 Å². The Bertz CT molecular complexity index is 16.3. The maximum Gasteiger partial charge on any atom is 0.321 e. The minimum atomic E-state index is 0. The fraction of sp³-hybridized carbons (Fsp3) is 1.00. The van der Waals surface area contributed by atoms with Gasteiger partial charge in [-0.25, -0.2) is 0 Å². The molecule has 0 saturated carbocycles. The van der Waals surface area contributed by atoms with Crippen molar-refractivity contribution in [3.63, 3.8) is 0 Å². The van der Waals surface area contributed by atoms with E-state index in [0.29, 0.717) is 0 Å². The van der Waals surface area contributed by atoms with Crippen LogP contribution in [0.2, 0.25) is 0 Å². The highest BCUT2D eigenvalue weighted by molar-refractivity contribution is 6.03. The van der Waals surface area contributed by atoms with Crippen molar-refractivity contribution in [2.24, 2.45) is 0 Å². The van der Waals surface area contributed by atoms with Crippen molar-refractivity contribution in [3.05, 3.63) is 0 Å². The average molecular weight is 77.1 g/mol. The molecule has 1 nitrogen and oxygen atoms in total. The molecule has 0 aromatic carbocycles. The van der Waals surface area contributed by atoms with Crippen LogP contribution in [-0.4, -0.2) is 34.5 Å². The summed E-state index contributed by atoms with van der Waals surface area (Å²) < 4.78 is 2.14. The zero-order chi connectivity index (χ0) is 3.58. The van der Waals surface area contributed by atoms with Gasteiger partial charge in [0.1, 0.15) is 0 Å². The maximum atomic E-state index is 2.14. The summed E-state index contributed by atoms with van der Waals surface area (Å²) >= 11 is 1.18. The quantitative estimate of drug-likeness (QED) is 0.355. The Morgan fingerprint density at radius 2 is 1.75 bits per heavy atom. The van der Waals surface area contributed by atoms with E-state index in [9.17, 15) is 0 Å². The molecule has 0 unspecified atom stereocenters. The SMILES string of the molecule is C[N](C)[AlH2].[HH].[HH]. The summed E-state index contributed by atoms with van der Waals surface area (Å²) in [7, 11) is 4.12. The van der Waals surface area contributed by atoms with Crippen LogP contribution >= 0.6 is 0 Å². The van der Waals surface area contributed by atoms with E-state index < -0.39 is 0 Å². The van der Waals surface area contributed by atoms with Gasteiger partial charge in [0.05, 0.1) is 0 Å². The van der Waals surface area contributed by atoms with E-state index in [0.717, 1.165) is 0 Å². The minimum absolute atomic E-state index is 0. The zero-order valence-corrected chi connectivity index (χ0v) is 5.45. The molecule has 0 saturated heterocycles. The molecular formula is C2H12AlN. The van der Waals surface area contributed by atoms with Crippen LogP contribution in [-0.2, 0) is 0 Å². The number of rotatable bonds is 0. The highest BCUT2D eigenvalue weighted by Crippen LogP contribution is 1.44. The van der Waals surface area contributed by atoms with Crippen molar-refractivity contribution in [1.82, 2.24) is 3.88 Å². The number of hydrogen-bond donors (Lipinski definition) is 0. The third kappa shape index (κ3) is 22.9. The van der Waals surface area contributed by atoms with Gasteiger partial charge in [0, 0.05) is 2.85 Å². The van der Waals surface area contributed by atoms with Crippen molar-refractivity contribution in [1.29, 1.82) is 0 Å². The molecule has 0 aromatic heterocycles. The molecule has 28 valence electrons. The van der Waals surface area contributed by atoms with Crippen LogP contribution < -0.4 is 0 Å². The molecule has 0 aliphatic rings. The Labute approximate surface area is 38.2 Å². The van der Waals surface area contributed by atoms with Gasteiger partial charge in [-0.05, 0) is 14.1 Å². The lowest BCUT2D eigenvalue weighted by Gasteiger charge is -1.91. The van der Waals surface area contributed by atoms with Crippen LogP contribution in [0.1, 0.15) is 2.85 Å². The van der Waals surface area contributed by atoms with Crippen LogP contribution in [0, 0.1) is 0 Å². The van der Waals surface area contributed by atoms with E-state index in [2.05, 4.69) is 18.0 Å². The minimum Gasteiger partial charge on any atom is -0.396 e. The largest absolute Gasteiger partial charge is 0.396 e. The van der Waals surface area contributed by atoms with E-state index in [4.69, 9.17) is 0 Å². The second-order valence-corrected chi connectivity index (χ2v) is 3.13. The van der Waals surface area contributed by atoms with E-state index >= 15 is 0 Å². The first-order valence-electron chi connectivity index (χ1n) is 1.34. The summed E-state index contributed by atoms with van der Waals surface area (Å²) in [6.45, 7) is 0. The molecule has 0 N–H and O–H groups in total. The summed E-state index contributed by atoms with van der Waals surface area (Å²) in [6, 6.07) is 0. The molecule has 0 bridgehead atoms. The molecule has 0 atom stereocenters. The van der Waals surface area contributed by atoms with E-state index in [1.54, 1.807) is 0 Å². The van der Waals surface area contributed by atoms with E-state index in [1.807, 2.05) is 0 Å². The van der Waals surface area contributed by atoms with Gasteiger partial charge in [-0.1, -0.05) is 0 Å². The van der Waals surface area contributed by atoms with Crippen LogP contribution in [0.25, 0.3) is 0 Å². The molecule has 0 heterocycles. The molecule has 0 spiro atoms. The fourth-order valence-corrected chi connectivity index (χ4v) is 0. The fourth-order valence-electron chi connectivity index (χ4n) is 0. The van der Waals surface area contributed by atoms with Gasteiger partial charge in [0.15, 0.2) is 0 Å². The van der Waals surface area contributed by atoms with Gasteiger partial charge >= 0.3 is 16.5 Å². The van der Waals surface area contributed by atoms with Gasteiger partial charge < -0.3 is 3.88 Å². The van der Waals surface area contributed by atoms with Crippen molar-refractivity contribution >= 4 is 16.5 Å². The first kappa shape index (κ1) is 4.49.